The van der Waals surface area contributed by atoms with Crippen LogP contribution in [0.3, 0.4) is 0 Å². The Balaban J connectivity index is 1.61. The Labute approximate surface area is 197 Å². The molecule has 33 heavy (non-hydrogen) atoms. The number of nitrogen functional groups attached to an aromatic ring is 1. The van der Waals surface area contributed by atoms with Crippen molar-refractivity contribution >= 4 is 33.2 Å². The van der Waals surface area contributed by atoms with Gasteiger partial charge in [0.15, 0.2) is 0 Å². The van der Waals surface area contributed by atoms with Gasteiger partial charge in [0.1, 0.15) is 17.7 Å². The maximum atomic E-state index is 12.5. The van der Waals surface area contributed by atoms with Crippen LogP contribution in [0.25, 0.3) is 10.1 Å². The van der Waals surface area contributed by atoms with E-state index in [1.165, 1.54) is 16.9 Å². The van der Waals surface area contributed by atoms with Crippen LogP contribution in [0.1, 0.15) is 29.0 Å². The molecule has 168 valence electrons. The molecule has 0 saturated heterocycles. The largest absolute Gasteiger partial charge is 0.483 e. The Hall–Kier alpha value is -3.64. The molecule has 4 rings (SSSR count). The Kier molecular flexibility index (Phi) is 7.05. The van der Waals surface area contributed by atoms with Gasteiger partial charge < -0.3 is 15.4 Å². The van der Waals surface area contributed by atoms with Crippen LogP contribution in [0.2, 0.25) is 0 Å². The Bertz CT molecular complexity index is 1240. The Morgan fingerprint density at radius 2 is 1.73 bits per heavy atom. The van der Waals surface area contributed by atoms with Gasteiger partial charge in [0.25, 0.3) is 0 Å². The minimum Gasteiger partial charge on any atom is -0.483 e. The predicted molar refractivity (Wildman–Crippen MR) is 135 cm³/mol. The quantitative estimate of drug-likeness (QED) is 0.261. The number of amidine groups is 1. The number of fused-ring (bicyclic) bond motifs is 1. The minimum atomic E-state index is -0.336. The number of hydrogen-bond donors (Lipinski definition) is 2. The predicted octanol–water partition coefficient (Wildman–Crippen LogP) is 5.40. The smallest absolute Gasteiger partial charge is 0.219 e. The number of benzene rings is 3. The number of nitrogens with one attached hydrogen (secondary N) is 1. The third kappa shape index (κ3) is 5.59. The summed E-state index contributed by atoms with van der Waals surface area (Å²) in [6.45, 7) is 2.65. The lowest BCUT2D eigenvalue weighted by Gasteiger charge is -2.28. The molecule has 0 radical (unpaired) electrons. The molecule has 0 saturated carbocycles. The van der Waals surface area contributed by atoms with Crippen LogP contribution in [0.5, 0.6) is 5.75 Å². The highest BCUT2D eigenvalue weighted by molar-refractivity contribution is 7.20. The molecule has 5 nitrogen and oxygen atoms in total. The van der Waals surface area contributed by atoms with Crippen molar-refractivity contribution in [2.45, 2.75) is 19.4 Å². The molecule has 6 heteroatoms. The summed E-state index contributed by atoms with van der Waals surface area (Å²) in [6, 6.07) is 27.9. The van der Waals surface area contributed by atoms with Crippen LogP contribution in [-0.4, -0.2) is 29.7 Å². The van der Waals surface area contributed by atoms with Crippen LogP contribution in [-0.2, 0) is 11.2 Å². The molecule has 1 heterocycles. The topological polar surface area (TPSA) is 79.4 Å². The number of carbonyl (C=O) groups is 1. The van der Waals surface area contributed by atoms with Crippen LogP contribution < -0.4 is 10.5 Å². The van der Waals surface area contributed by atoms with Crippen LogP contribution in [0, 0.1) is 5.41 Å². The summed E-state index contributed by atoms with van der Waals surface area (Å²) in [5, 5.41) is 8.70. The van der Waals surface area contributed by atoms with E-state index in [1.807, 2.05) is 77.7 Å². The number of nitrogens with two attached hydrogens (primary N) is 1. The van der Waals surface area contributed by atoms with E-state index < -0.39 is 0 Å². The van der Waals surface area contributed by atoms with Gasteiger partial charge in [-0.25, -0.2) is 0 Å². The van der Waals surface area contributed by atoms with Crippen LogP contribution in [0.15, 0.2) is 84.9 Å². The summed E-state index contributed by atoms with van der Waals surface area (Å²) in [5.41, 5.74) is 7.91. The average Bonchev–Trinajstić information content (AvgIpc) is 3.28. The van der Waals surface area contributed by atoms with Gasteiger partial charge in [-0.2, -0.15) is 0 Å². The van der Waals surface area contributed by atoms with E-state index in [4.69, 9.17) is 15.9 Å². The van der Waals surface area contributed by atoms with Crippen molar-refractivity contribution in [1.29, 1.82) is 5.41 Å². The number of carbonyl (C=O) groups excluding carboxylic acids is 1. The van der Waals surface area contributed by atoms with Crippen molar-refractivity contribution in [2.75, 3.05) is 13.1 Å². The first-order chi connectivity index (χ1) is 16.0. The fourth-order valence-electron chi connectivity index (χ4n) is 3.79. The summed E-state index contributed by atoms with van der Waals surface area (Å²) >= 11 is 1.47. The molecule has 0 aliphatic carbocycles. The summed E-state index contributed by atoms with van der Waals surface area (Å²) in [4.78, 5) is 15.1. The van der Waals surface area contributed by atoms with E-state index >= 15 is 0 Å². The third-order valence-corrected chi connectivity index (χ3v) is 6.71. The van der Waals surface area contributed by atoms with Crippen molar-refractivity contribution in [3.8, 4) is 5.75 Å². The Morgan fingerprint density at radius 3 is 2.39 bits per heavy atom. The number of ether oxygens (including phenoxy) is 1. The average molecular weight is 458 g/mol. The molecule has 0 fully saturated rings. The van der Waals surface area contributed by atoms with E-state index in [0.29, 0.717) is 18.0 Å². The second-order valence-corrected chi connectivity index (χ2v) is 8.99. The first-order valence-electron chi connectivity index (χ1n) is 10.9. The molecule has 1 amide bonds. The Morgan fingerprint density at radius 1 is 1.03 bits per heavy atom. The normalized spacial score (nSPS) is 11.8. The van der Waals surface area contributed by atoms with Crippen LogP contribution >= 0.6 is 11.3 Å². The van der Waals surface area contributed by atoms with E-state index in [-0.39, 0.29) is 17.8 Å². The lowest BCUT2D eigenvalue weighted by atomic mass is 10.1. The van der Waals surface area contributed by atoms with E-state index in [1.54, 1.807) is 6.92 Å². The number of hydrogen-bond acceptors (Lipinski definition) is 4. The zero-order valence-corrected chi connectivity index (χ0v) is 19.3. The molecule has 3 N–H and O–H groups in total. The van der Waals surface area contributed by atoms with Crippen molar-refractivity contribution in [1.82, 2.24) is 4.90 Å². The van der Waals surface area contributed by atoms with Gasteiger partial charge in [-0.3, -0.25) is 10.2 Å². The summed E-state index contributed by atoms with van der Waals surface area (Å²) in [7, 11) is 0. The minimum absolute atomic E-state index is 0.0167. The van der Waals surface area contributed by atoms with Gasteiger partial charge in [0, 0.05) is 23.6 Å². The molecule has 0 bridgehead atoms. The zero-order valence-electron chi connectivity index (χ0n) is 18.5. The second-order valence-electron chi connectivity index (χ2n) is 7.91. The van der Waals surface area contributed by atoms with Gasteiger partial charge in [-0.1, -0.05) is 66.7 Å². The SMILES string of the molecule is CC(=O)N(CCc1ccccc1)CC(Oc1cccc2sc(C(=N)N)cc12)c1ccccc1. The number of nitrogens with zero attached hydrogens (tertiary/aromatic N) is 1. The van der Waals surface area contributed by atoms with Crippen molar-refractivity contribution in [3.05, 3.63) is 101 Å². The van der Waals surface area contributed by atoms with Crippen molar-refractivity contribution in [3.63, 3.8) is 0 Å². The molecule has 3 aromatic carbocycles. The van der Waals surface area contributed by atoms with E-state index in [9.17, 15) is 4.79 Å². The molecule has 0 aliphatic heterocycles. The van der Waals surface area contributed by atoms with Gasteiger partial charge in [-0.05, 0) is 35.7 Å². The monoisotopic (exact) mass is 457 g/mol. The number of rotatable bonds is 9. The first-order valence-corrected chi connectivity index (χ1v) is 11.7. The molecule has 4 aromatic rings. The van der Waals surface area contributed by atoms with Crippen molar-refractivity contribution in [2.24, 2.45) is 5.73 Å². The maximum Gasteiger partial charge on any atom is 0.219 e. The summed E-state index contributed by atoms with van der Waals surface area (Å²) in [6.07, 6.45) is 0.446. The first kappa shape index (κ1) is 22.6. The fourth-order valence-corrected chi connectivity index (χ4v) is 4.73. The number of amides is 1. The molecule has 1 atom stereocenters. The fraction of sp³-hybridized carbons (Fsp3) is 0.185. The van der Waals surface area contributed by atoms with Gasteiger partial charge >= 0.3 is 0 Å². The third-order valence-electron chi connectivity index (χ3n) is 5.57. The van der Waals surface area contributed by atoms with Gasteiger partial charge in [0.2, 0.25) is 5.91 Å². The molecular formula is C27H27N3O2S. The van der Waals surface area contributed by atoms with Gasteiger partial charge in [0.05, 0.1) is 11.4 Å². The standard InChI is InChI=1S/C27H27N3O2S/c1-19(31)30(16-15-20-9-4-2-5-10-20)18-24(21-11-6-3-7-12-21)32-23-13-8-14-25-22(23)17-26(33-25)27(28)29/h2-14,17,24H,15-16,18H2,1H3,(H3,28,29). The van der Waals surface area contributed by atoms with Crippen molar-refractivity contribution < 1.29 is 9.53 Å². The highest BCUT2D eigenvalue weighted by Crippen LogP contribution is 2.35. The zero-order chi connectivity index (χ0) is 23.2. The van der Waals surface area contributed by atoms with E-state index in [2.05, 4.69) is 12.1 Å². The molecular weight excluding hydrogens is 430 g/mol. The molecule has 1 aromatic heterocycles. The highest BCUT2D eigenvalue weighted by atomic mass is 32.1. The lowest BCUT2D eigenvalue weighted by Crippen LogP contribution is -2.36. The molecule has 1 unspecified atom stereocenters. The highest BCUT2D eigenvalue weighted by Gasteiger charge is 2.21. The van der Waals surface area contributed by atoms with Crippen LogP contribution in [0.4, 0.5) is 0 Å². The molecule has 0 aliphatic rings. The maximum absolute atomic E-state index is 12.5. The second kappa shape index (κ2) is 10.3. The summed E-state index contributed by atoms with van der Waals surface area (Å²) in [5.74, 6) is 0.783. The molecule has 0 spiro atoms. The van der Waals surface area contributed by atoms with Gasteiger partial charge in [-0.15, -0.1) is 11.3 Å². The summed E-state index contributed by atoms with van der Waals surface area (Å²) < 4.78 is 7.55. The number of thiophene rings is 1. The lowest BCUT2D eigenvalue weighted by molar-refractivity contribution is -0.130. The van der Waals surface area contributed by atoms with E-state index in [0.717, 1.165) is 27.8 Å².